The van der Waals surface area contributed by atoms with Crippen LogP contribution in [0.15, 0.2) is 31.0 Å². The SMILES string of the molecule is Cc1cc2ncn(C[C@H](O)CN3CCc4cncnc4C3)c2cc1C. The van der Waals surface area contributed by atoms with E-state index >= 15 is 0 Å². The van der Waals surface area contributed by atoms with E-state index in [0.717, 1.165) is 36.2 Å². The molecule has 6 nitrogen and oxygen atoms in total. The molecule has 0 unspecified atom stereocenters. The molecule has 6 heteroatoms. The van der Waals surface area contributed by atoms with Crippen molar-refractivity contribution in [2.45, 2.75) is 39.5 Å². The van der Waals surface area contributed by atoms with Gasteiger partial charge in [0, 0.05) is 25.8 Å². The molecule has 2 aromatic heterocycles. The number of fused-ring (bicyclic) bond motifs is 2. The Morgan fingerprint density at radius 1 is 1.16 bits per heavy atom. The fraction of sp³-hybridized carbons (Fsp3) is 0.421. The van der Waals surface area contributed by atoms with E-state index in [1.54, 1.807) is 6.33 Å². The number of nitrogens with zero attached hydrogens (tertiary/aromatic N) is 5. The summed E-state index contributed by atoms with van der Waals surface area (Å²) in [6.45, 7) is 7.09. The topological polar surface area (TPSA) is 67.1 Å². The van der Waals surface area contributed by atoms with Crippen LogP contribution in [0, 0.1) is 13.8 Å². The van der Waals surface area contributed by atoms with Crippen molar-refractivity contribution in [1.29, 1.82) is 0 Å². The standard InChI is InChI=1S/C19H23N5O/c1-13-5-17-19(6-14(13)2)24(12-22-17)9-16(25)8-23-4-3-15-7-20-11-21-18(15)10-23/h5-7,11-12,16,25H,3-4,8-10H2,1-2H3/t16-/m1/s1. The third-order valence-electron chi connectivity index (χ3n) is 5.06. The van der Waals surface area contributed by atoms with Crippen molar-refractivity contribution in [1.82, 2.24) is 24.4 Å². The number of hydrogen-bond donors (Lipinski definition) is 1. The minimum Gasteiger partial charge on any atom is -0.390 e. The third kappa shape index (κ3) is 3.27. The van der Waals surface area contributed by atoms with Crippen molar-refractivity contribution in [2.24, 2.45) is 0 Å². The lowest BCUT2D eigenvalue weighted by molar-refractivity contribution is 0.0917. The van der Waals surface area contributed by atoms with E-state index in [1.165, 1.54) is 16.7 Å². The molecule has 4 rings (SSSR count). The zero-order valence-corrected chi connectivity index (χ0v) is 14.7. The Bertz CT molecular complexity index is 904. The molecule has 1 atom stereocenters. The van der Waals surface area contributed by atoms with Crippen molar-refractivity contribution < 1.29 is 5.11 Å². The van der Waals surface area contributed by atoms with Gasteiger partial charge in [0.15, 0.2) is 0 Å². The molecular weight excluding hydrogens is 314 g/mol. The highest BCUT2D eigenvalue weighted by Crippen LogP contribution is 2.19. The van der Waals surface area contributed by atoms with E-state index in [-0.39, 0.29) is 0 Å². The molecule has 1 aromatic carbocycles. The summed E-state index contributed by atoms with van der Waals surface area (Å²) in [7, 11) is 0. The van der Waals surface area contributed by atoms with Gasteiger partial charge in [-0.25, -0.2) is 15.0 Å². The molecule has 1 N–H and O–H groups in total. The maximum absolute atomic E-state index is 10.6. The summed E-state index contributed by atoms with van der Waals surface area (Å²) in [4.78, 5) is 15.2. The lowest BCUT2D eigenvalue weighted by Gasteiger charge is -2.29. The molecule has 0 saturated heterocycles. The maximum atomic E-state index is 10.6. The van der Waals surface area contributed by atoms with E-state index in [1.807, 2.05) is 17.1 Å². The van der Waals surface area contributed by atoms with Crippen LogP contribution in [0.4, 0.5) is 0 Å². The van der Waals surface area contributed by atoms with Gasteiger partial charge in [-0.15, -0.1) is 0 Å². The van der Waals surface area contributed by atoms with E-state index in [0.29, 0.717) is 13.1 Å². The Morgan fingerprint density at radius 3 is 2.88 bits per heavy atom. The van der Waals surface area contributed by atoms with Crippen LogP contribution in [0.25, 0.3) is 11.0 Å². The number of aryl methyl sites for hydroxylation is 2. The van der Waals surface area contributed by atoms with Gasteiger partial charge in [0.25, 0.3) is 0 Å². The first-order chi connectivity index (χ1) is 12.1. The van der Waals surface area contributed by atoms with Crippen LogP contribution in [0.2, 0.25) is 0 Å². The first kappa shape index (κ1) is 16.2. The Hall–Kier alpha value is -2.31. The maximum Gasteiger partial charge on any atom is 0.115 e. The lowest BCUT2D eigenvalue weighted by Crippen LogP contribution is -2.38. The van der Waals surface area contributed by atoms with Crippen molar-refractivity contribution >= 4 is 11.0 Å². The van der Waals surface area contributed by atoms with E-state index < -0.39 is 6.10 Å². The van der Waals surface area contributed by atoms with E-state index in [9.17, 15) is 5.11 Å². The smallest absolute Gasteiger partial charge is 0.115 e. The molecule has 1 aliphatic heterocycles. The molecule has 1 aliphatic rings. The third-order valence-corrected chi connectivity index (χ3v) is 5.06. The number of rotatable bonds is 4. The fourth-order valence-corrected chi connectivity index (χ4v) is 3.50. The van der Waals surface area contributed by atoms with Gasteiger partial charge >= 0.3 is 0 Å². The second-order valence-corrected chi connectivity index (χ2v) is 6.96. The Kier molecular flexibility index (Phi) is 4.23. The lowest BCUT2D eigenvalue weighted by atomic mass is 10.1. The van der Waals surface area contributed by atoms with Gasteiger partial charge in [0.1, 0.15) is 6.33 Å². The molecule has 0 fully saturated rings. The average Bonchev–Trinajstić information content (AvgIpc) is 2.97. The highest BCUT2D eigenvalue weighted by Gasteiger charge is 2.20. The quantitative estimate of drug-likeness (QED) is 0.787. The highest BCUT2D eigenvalue weighted by molar-refractivity contribution is 5.77. The number of aliphatic hydroxyl groups is 1. The van der Waals surface area contributed by atoms with Crippen molar-refractivity contribution in [3.8, 4) is 0 Å². The first-order valence-corrected chi connectivity index (χ1v) is 8.70. The molecule has 0 amide bonds. The van der Waals surface area contributed by atoms with Crippen molar-refractivity contribution in [3.05, 3.63) is 53.4 Å². The molecule has 3 aromatic rings. The number of benzene rings is 1. The van der Waals surface area contributed by atoms with Crippen LogP contribution in [-0.2, 0) is 19.5 Å². The number of aliphatic hydroxyl groups excluding tert-OH is 1. The number of imidazole rings is 1. The van der Waals surface area contributed by atoms with E-state index in [2.05, 4.69) is 45.8 Å². The largest absolute Gasteiger partial charge is 0.390 e. The molecule has 0 aliphatic carbocycles. The van der Waals surface area contributed by atoms with Gasteiger partial charge < -0.3 is 9.67 Å². The summed E-state index contributed by atoms with van der Waals surface area (Å²) in [5.74, 6) is 0. The monoisotopic (exact) mass is 337 g/mol. The number of β-amino-alcohol motifs (C(OH)–C–C–N with tert-alkyl or cyclic N) is 1. The van der Waals surface area contributed by atoms with Gasteiger partial charge in [0.05, 0.1) is 35.7 Å². The summed E-state index contributed by atoms with van der Waals surface area (Å²) in [5.41, 5.74) is 6.86. The Morgan fingerprint density at radius 2 is 2.00 bits per heavy atom. The summed E-state index contributed by atoms with van der Waals surface area (Å²) < 4.78 is 2.05. The van der Waals surface area contributed by atoms with E-state index in [4.69, 9.17) is 0 Å². The number of aromatic nitrogens is 4. The van der Waals surface area contributed by atoms with Gasteiger partial charge in [-0.1, -0.05) is 0 Å². The zero-order valence-electron chi connectivity index (χ0n) is 14.7. The normalized spacial score (nSPS) is 16.1. The second-order valence-electron chi connectivity index (χ2n) is 6.96. The van der Waals surface area contributed by atoms with Gasteiger partial charge in [-0.2, -0.15) is 0 Å². The van der Waals surface area contributed by atoms with Gasteiger partial charge in [-0.05, 0) is 49.1 Å². The highest BCUT2D eigenvalue weighted by atomic mass is 16.3. The molecule has 25 heavy (non-hydrogen) atoms. The van der Waals surface area contributed by atoms with Crippen LogP contribution < -0.4 is 0 Å². The zero-order chi connectivity index (χ0) is 17.4. The van der Waals surface area contributed by atoms with Crippen molar-refractivity contribution in [2.75, 3.05) is 13.1 Å². The second kappa shape index (κ2) is 6.54. The molecule has 0 spiro atoms. The minimum absolute atomic E-state index is 0.442. The number of hydrogen-bond acceptors (Lipinski definition) is 5. The molecular formula is C19H23N5O. The van der Waals surface area contributed by atoms with Gasteiger partial charge in [-0.3, -0.25) is 4.90 Å². The Balaban J connectivity index is 1.45. The summed E-state index contributed by atoms with van der Waals surface area (Å²) in [6, 6.07) is 4.26. The summed E-state index contributed by atoms with van der Waals surface area (Å²) in [5, 5.41) is 10.6. The molecule has 3 heterocycles. The minimum atomic E-state index is -0.442. The molecule has 0 radical (unpaired) electrons. The molecule has 0 bridgehead atoms. The van der Waals surface area contributed by atoms with Crippen LogP contribution in [0.1, 0.15) is 22.4 Å². The first-order valence-electron chi connectivity index (χ1n) is 8.70. The molecule has 130 valence electrons. The van der Waals surface area contributed by atoms with Gasteiger partial charge in [0.2, 0.25) is 0 Å². The predicted molar refractivity (Wildman–Crippen MR) is 96.2 cm³/mol. The van der Waals surface area contributed by atoms with Crippen LogP contribution in [0.3, 0.4) is 0 Å². The fourth-order valence-electron chi connectivity index (χ4n) is 3.50. The predicted octanol–water partition coefficient (Wildman–Crippen LogP) is 1.86. The Labute approximate surface area is 147 Å². The summed E-state index contributed by atoms with van der Waals surface area (Å²) in [6.07, 6.45) is 5.82. The average molecular weight is 337 g/mol. The van der Waals surface area contributed by atoms with Crippen LogP contribution in [0.5, 0.6) is 0 Å². The van der Waals surface area contributed by atoms with Crippen molar-refractivity contribution in [3.63, 3.8) is 0 Å². The van der Waals surface area contributed by atoms with Crippen LogP contribution in [-0.4, -0.2) is 48.7 Å². The molecule has 0 saturated carbocycles. The van der Waals surface area contributed by atoms with Crippen LogP contribution >= 0.6 is 0 Å². The summed E-state index contributed by atoms with van der Waals surface area (Å²) >= 11 is 0.